The van der Waals surface area contributed by atoms with Gasteiger partial charge in [-0.15, -0.1) is 0 Å². The van der Waals surface area contributed by atoms with Crippen molar-refractivity contribution in [1.82, 2.24) is 10.2 Å². The third-order valence-corrected chi connectivity index (χ3v) is 5.07. The molecule has 2 aliphatic rings. The number of benzene rings is 1. The van der Waals surface area contributed by atoms with Crippen LogP contribution in [0.25, 0.3) is 0 Å². The maximum atomic E-state index is 3.78. The van der Waals surface area contributed by atoms with Crippen LogP contribution in [0.5, 0.6) is 0 Å². The largest absolute Gasteiger partial charge is 0.311 e. The summed E-state index contributed by atoms with van der Waals surface area (Å²) in [6.45, 7) is 4.87. The predicted molar refractivity (Wildman–Crippen MR) is 85.0 cm³/mol. The minimum atomic E-state index is 0.750. The zero-order valence-electron chi connectivity index (χ0n) is 12.6. The summed E-state index contributed by atoms with van der Waals surface area (Å²) in [5.41, 5.74) is 1.47. The molecule has 0 aromatic heterocycles. The Bertz CT molecular complexity index is 384. The summed E-state index contributed by atoms with van der Waals surface area (Å²) in [5.74, 6) is 0.934. The van der Waals surface area contributed by atoms with E-state index in [2.05, 4.69) is 40.5 Å². The first-order valence-corrected chi connectivity index (χ1v) is 8.41. The molecule has 0 amide bonds. The third kappa shape index (κ3) is 3.83. The van der Waals surface area contributed by atoms with Gasteiger partial charge in [0.25, 0.3) is 0 Å². The lowest BCUT2D eigenvalue weighted by atomic mass is 9.83. The highest BCUT2D eigenvalue weighted by molar-refractivity contribution is 5.14. The topological polar surface area (TPSA) is 15.3 Å². The zero-order valence-corrected chi connectivity index (χ0v) is 12.6. The van der Waals surface area contributed by atoms with Gasteiger partial charge in [0.05, 0.1) is 0 Å². The van der Waals surface area contributed by atoms with Crippen molar-refractivity contribution in [3.05, 3.63) is 35.9 Å². The SMILES string of the molecule is c1ccc(CCN2CCNC(C3CCCCC3)C2)cc1. The Hall–Kier alpha value is -0.860. The quantitative estimate of drug-likeness (QED) is 0.906. The van der Waals surface area contributed by atoms with E-state index in [1.165, 1.54) is 70.3 Å². The molecule has 20 heavy (non-hydrogen) atoms. The molecule has 1 unspecified atom stereocenters. The zero-order chi connectivity index (χ0) is 13.6. The van der Waals surface area contributed by atoms with E-state index in [4.69, 9.17) is 0 Å². The average Bonchev–Trinajstić information content (AvgIpc) is 2.55. The van der Waals surface area contributed by atoms with E-state index in [9.17, 15) is 0 Å². The van der Waals surface area contributed by atoms with Gasteiger partial charge in [-0.3, -0.25) is 0 Å². The van der Waals surface area contributed by atoms with Crippen LogP contribution < -0.4 is 5.32 Å². The van der Waals surface area contributed by atoms with Crippen molar-refractivity contribution < 1.29 is 0 Å². The third-order valence-electron chi connectivity index (χ3n) is 5.07. The fourth-order valence-corrected chi connectivity index (χ4v) is 3.83. The Morgan fingerprint density at radius 2 is 1.85 bits per heavy atom. The first kappa shape index (κ1) is 14.1. The second kappa shape index (κ2) is 7.24. The minimum Gasteiger partial charge on any atom is -0.311 e. The molecule has 3 rings (SSSR count). The Kier molecular flexibility index (Phi) is 5.10. The van der Waals surface area contributed by atoms with E-state index < -0.39 is 0 Å². The molecule has 1 aliphatic carbocycles. The van der Waals surface area contributed by atoms with Crippen LogP contribution in [-0.2, 0) is 6.42 Å². The van der Waals surface area contributed by atoms with Crippen molar-refractivity contribution in [2.45, 2.75) is 44.6 Å². The average molecular weight is 272 g/mol. The Morgan fingerprint density at radius 1 is 1.05 bits per heavy atom. The highest BCUT2D eigenvalue weighted by atomic mass is 15.2. The fourth-order valence-electron chi connectivity index (χ4n) is 3.83. The number of piperazine rings is 1. The maximum Gasteiger partial charge on any atom is 0.0223 e. The molecule has 2 fully saturated rings. The fraction of sp³-hybridized carbons (Fsp3) is 0.667. The Morgan fingerprint density at radius 3 is 2.65 bits per heavy atom. The first-order chi connectivity index (χ1) is 9.92. The van der Waals surface area contributed by atoms with Gasteiger partial charge in [-0.1, -0.05) is 49.6 Å². The number of hydrogen-bond donors (Lipinski definition) is 1. The van der Waals surface area contributed by atoms with E-state index in [0.717, 1.165) is 12.0 Å². The van der Waals surface area contributed by atoms with E-state index >= 15 is 0 Å². The van der Waals surface area contributed by atoms with E-state index in [0.29, 0.717) is 0 Å². The van der Waals surface area contributed by atoms with Gasteiger partial charge < -0.3 is 10.2 Å². The van der Waals surface area contributed by atoms with Crippen LogP contribution in [0.4, 0.5) is 0 Å². The second-order valence-corrected chi connectivity index (χ2v) is 6.49. The Labute approximate surface area is 123 Å². The van der Waals surface area contributed by atoms with Crippen molar-refractivity contribution >= 4 is 0 Å². The van der Waals surface area contributed by atoms with Gasteiger partial charge in [-0.25, -0.2) is 0 Å². The number of nitrogens with zero attached hydrogens (tertiary/aromatic N) is 1. The van der Waals surface area contributed by atoms with E-state index in [-0.39, 0.29) is 0 Å². The molecule has 1 atom stereocenters. The lowest BCUT2D eigenvalue weighted by Gasteiger charge is -2.39. The van der Waals surface area contributed by atoms with Crippen molar-refractivity contribution in [2.24, 2.45) is 5.92 Å². The van der Waals surface area contributed by atoms with Gasteiger partial charge in [0.1, 0.15) is 0 Å². The highest BCUT2D eigenvalue weighted by Crippen LogP contribution is 2.27. The molecular formula is C18H28N2. The van der Waals surface area contributed by atoms with Crippen molar-refractivity contribution in [1.29, 1.82) is 0 Å². The smallest absolute Gasteiger partial charge is 0.0223 e. The number of rotatable bonds is 4. The molecule has 1 heterocycles. The second-order valence-electron chi connectivity index (χ2n) is 6.49. The normalized spacial score (nSPS) is 25.7. The highest BCUT2D eigenvalue weighted by Gasteiger charge is 2.27. The molecule has 2 nitrogen and oxygen atoms in total. The van der Waals surface area contributed by atoms with Crippen LogP contribution >= 0.6 is 0 Å². The summed E-state index contributed by atoms with van der Waals surface area (Å²) in [7, 11) is 0. The molecule has 0 radical (unpaired) electrons. The van der Waals surface area contributed by atoms with Gasteiger partial charge in [0.15, 0.2) is 0 Å². The maximum absolute atomic E-state index is 3.78. The Balaban J connectivity index is 1.47. The molecule has 1 aromatic carbocycles. The molecule has 1 saturated heterocycles. The lowest BCUT2D eigenvalue weighted by molar-refractivity contribution is 0.147. The van der Waals surface area contributed by atoms with E-state index in [1.54, 1.807) is 0 Å². The van der Waals surface area contributed by atoms with Crippen molar-refractivity contribution in [3.8, 4) is 0 Å². The standard InChI is InChI=1S/C18H28N2/c1-3-7-16(8-4-1)11-13-20-14-12-19-18(15-20)17-9-5-2-6-10-17/h1,3-4,7-8,17-19H,2,5-6,9-15H2. The van der Waals surface area contributed by atoms with Crippen LogP contribution in [0.1, 0.15) is 37.7 Å². The molecule has 1 aromatic rings. The number of hydrogen-bond acceptors (Lipinski definition) is 2. The van der Waals surface area contributed by atoms with Gasteiger partial charge in [-0.2, -0.15) is 0 Å². The molecule has 1 saturated carbocycles. The molecule has 0 bridgehead atoms. The molecular weight excluding hydrogens is 244 g/mol. The summed E-state index contributed by atoms with van der Waals surface area (Å²) < 4.78 is 0. The monoisotopic (exact) mass is 272 g/mol. The summed E-state index contributed by atoms with van der Waals surface area (Å²) in [6.07, 6.45) is 8.45. The molecule has 2 heteroatoms. The molecule has 0 spiro atoms. The van der Waals surface area contributed by atoms with Crippen LogP contribution in [0.2, 0.25) is 0 Å². The lowest BCUT2D eigenvalue weighted by Crippen LogP contribution is -2.54. The summed E-state index contributed by atoms with van der Waals surface area (Å²) >= 11 is 0. The predicted octanol–water partition coefficient (Wildman–Crippen LogP) is 3.08. The summed E-state index contributed by atoms with van der Waals surface area (Å²) in [5, 5.41) is 3.78. The van der Waals surface area contributed by atoms with Gasteiger partial charge in [-0.05, 0) is 30.7 Å². The minimum absolute atomic E-state index is 0.750. The molecule has 1 aliphatic heterocycles. The van der Waals surface area contributed by atoms with Gasteiger partial charge in [0, 0.05) is 32.2 Å². The van der Waals surface area contributed by atoms with Crippen LogP contribution in [0.15, 0.2) is 30.3 Å². The van der Waals surface area contributed by atoms with Gasteiger partial charge in [0.2, 0.25) is 0 Å². The summed E-state index contributed by atoms with van der Waals surface area (Å²) in [6, 6.07) is 11.7. The van der Waals surface area contributed by atoms with Crippen molar-refractivity contribution in [2.75, 3.05) is 26.2 Å². The molecule has 110 valence electrons. The van der Waals surface area contributed by atoms with E-state index in [1.807, 2.05) is 0 Å². The van der Waals surface area contributed by atoms with Gasteiger partial charge >= 0.3 is 0 Å². The molecule has 1 N–H and O–H groups in total. The van der Waals surface area contributed by atoms with Crippen molar-refractivity contribution in [3.63, 3.8) is 0 Å². The van der Waals surface area contributed by atoms with Crippen LogP contribution in [0, 0.1) is 5.92 Å². The van der Waals surface area contributed by atoms with Crippen LogP contribution in [0.3, 0.4) is 0 Å². The van der Waals surface area contributed by atoms with Crippen LogP contribution in [-0.4, -0.2) is 37.1 Å². The first-order valence-electron chi connectivity index (χ1n) is 8.41. The number of nitrogens with one attached hydrogen (secondary N) is 1. The summed E-state index contributed by atoms with van der Waals surface area (Å²) in [4.78, 5) is 2.67.